The third kappa shape index (κ3) is 6.88. The Labute approximate surface area is 241 Å². The molecule has 1 saturated heterocycles. The van der Waals surface area contributed by atoms with Gasteiger partial charge in [0.15, 0.2) is 5.11 Å². The number of halogens is 3. The lowest BCUT2D eigenvalue weighted by molar-refractivity contribution is -0.131. The first-order valence-electron chi connectivity index (χ1n) is 11.9. The third-order valence-electron chi connectivity index (χ3n) is 5.96. The van der Waals surface area contributed by atoms with Crippen LogP contribution in [-0.2, 0) is 9.59 Å². The van der Waals surface area contributed by atoms with Crippen molar-refractivity contribution >= 4 is 81.4 Å². The summed E-state index contributed by atoms with van der Waals surface area (Å²) in [4.78, 5) is 28.5. The molecule has 11 heteroatoms. The fraction of sp³-hybridized carbons (Fsp3) is 0.222. The Kier molecular flexibility index (Phi) is 9.33. The molecule has 2 heterocycles. The molecule has 0 bridgehead atoms. The van der Waals surface area contributed by atoms with Gasteiger partial charge < -0.3 is 19.5 Å². The summed E-state index contributed by atoms with van der Waals surface area (Å²) >= 11 is 23.9. The highest BCUT2D eigenvalue weighted by atomic mass is 35.5. The number of furan rings is 1. The van der Waals surface area contributed by atoms with Crippen molar-refractivity contribution in [1.82, 2.24) is 10.2 Å². The SMILES string of the molecule is CCC(=O)N1CCN(c2ccc(Cl)cc2NC(=S)NC(=O)C=Cc2ccc(-c3cccc(Cl)c3Cl)o2)CC1. The number of carbonyl (C=O) groups is 2. The molecule has 0 atom stereocenters. The van der Waals surface area contributed by atoms with Gasteiger partial charge in [0.1, 0.15) is 11.5 Å². The predicted molar refractivity (Wildman–Crippen MR) is 158 cm³/mol. The second-order valence-corrected chi connectivity index (χ2v) is 10.1. The largest absolute Gasteiger partial charge is 0.457 e. The van der Waals surface area contributed by atoms with E-state index < -0.39 is 5.91 Å². The van der Waals surface area contributed by atoms with Crippen LogP contribution < -0.4 is 15.5 Å². The first kappa shape index (κ1) is 28.0. The third-order valence-corrected chi connectivity index (χ3v) is 7.22. The van der Waals surface area contributed by atoms with E-state index in [1.807, 2.05) is 17.9 Å². The zero-order chi connectivity index (χ0) is 27.2. The summed E-state index contributed by atoms with van der Waals surface area (Å²) in [6.45, 7) is 4.49. The molecule has 3 aromatic rings. The van der Waals surface area contributed by atoms with Crippen molar-refractivity contribution in [2.75, 3.05) is 36.4 Å². The minimum absolute atomic E-state index is 0.119. The van der Waals surface area contributed by atoms with Crippen molar-refractivity contribution in [3.63, 3.8) is 0 Å². The number of nitrogens with one attached hydrogen (secondary N) is 2. The maximum atomic E-state index is 12.5. The number of nitrogens with zero attached hydrogens (tertiary/aromatic N) is 2. The summed E-state index contributed by atoms with van der Waals surface area (Å²) in [5, 5.41) is 7.17. The van der Waals surface area contributed by atoms with Gasteiger partial charge in [-0.15, -0.1) is 0 Å². The number of carbonyl (C=O) groups excluding carboxylic acids is 2. The second-order valence-electron chi connectivity index (χ2n) is 8.46. The summed E-state index contributed by atoms with van der Waals surface area (Å²) in [7, 11) is 0. The standard InChI is InChI=1S/C27H25Cl3N4O3S/c1-2-25(36)34-14-12-33(13-15-34)22-9-6-17(28)16-21(22)31-27(38)32-24(35)11-8-18-7-10-23(37-18)19-4-3-5-20(29)26(19)30/h3-11,16H,2,12-15H2,1H3,(H2,31,32,35,38). The summed E-state index contributed by atoms with van der Waals surface area (Å²) < 4.78 is 5.78. The van der Waals surface area contributed by atoms with Crippen molar-refractivity contribution in [2.45, 2.75) is 13.3 Å². The van der Waals surface area contributed by atoms with E-state index in [1.165, 1.54) is 12.2 Å². The molecule has 0 unspecified atom stereocenters. The average Bonchev–Trinajstić information content (AvgIpc) is 3.37. The van der Waals surface area contributed by atoms with Crippen molar-refractivity contribution < 1.29 is 14.0 Å². The van der Waals surface area contributed by atoms with Gasteiger partial charge in [0, 0.05) is 49.3 Å². The molecule has 1 aromatic heterocycles. The van der Waals surface area contributed by atoms with E-state index in [9.17, 15) is 9.59 Å². The maximum Gasteiger partial charge on any atom is 0.250 e. The molecule has 2 aromatic carbocycles. The van der Waals surface area contributed by atoms with Gasteiger partial charge in [0.05, 0.1) is 21.4 Å². The molecule has 0 saturated carbocycles. The number of rotatable bonds is 6. The molecule has 1 aliphatic heterocycles. The van der Waals surface area contributed by atoms with Crippen LogP contribution >= 0.6 is 47.0 Å². The van der Waals surface area contributed by atoms with E-state index in [0.717, 1.165) is 5.69 Å². The van der Waals surface area contributed by atoms with Crippen molar-refractivity contribution in [1.29, 1.82) is 0 Å². The lowest BCUT2D eigenvalue weighted by Gasteiger charge is -2.37. The Hall–Kier alpha value is -3.04. The molecule has 198 valence electrons. The van der Waals surface area contributed by atoms with E-state index in [2.05, 4.69) is 15.5 Å². The van der Waals surface area contributed by atoms with Gasteiger partial charge in [-0.05, 0) is 60.8 Å². The molecule has 1 aliphatic rings. The Bertz CT molecular complexity index is 1380. The van der Waals surface area contributed by atoms with E-state index >= 15 is 0 Å². The Morgan fingerprint density at radius 2 is 1.82 bits per heavy atom. The van der Waals surface area contributed by atoms with Crippen molar-refractivity contribution in [3.05, 3.63) is 75.4 Å². The molecule has 2 amide bonds. The van der Waals surface area contributed by atoms with Gasteiger partial charge in [-0.25, -0.2) is 0 Å². The highest BCUT2D eigenvalue weighted by Crippen LogP contribution is 2.34. The number of thiocarbonyl (C=S) groups is 1. The molecule has 38 heavy (non-hydrogen) atoms. The zero-order valence-electron chi connectivity index (χ0n) is 20.5. The molecule has 0 aliphatic carbocycles. The number of anilines is 2. The van der Waals surface area contributed by atoms with E-state index in [0.29, 0.717) is 70.4 Å². The van der Waals surface area contributed by atoms with Crippen LogP contribution in [0.3, 0.4) is 0 Å². The van der Waals surface area contributed by atoms with E-state index in [-0.39, 0.29) is 11.0 Å². The summed E-state index contributed by atoms with van der Waals surface area (Å²) in [6.07, 6.45) is 3.34. The number of piperazine rings is 1. The molecular formula is C27H25Cl3N4O3S. The first-order chi connectivity index (χ1) is 18.2. The number of hydrogen-bond acceptors (Lipinski definition) is 5. The highest BCUT2D eigenvalue weighted by Gasteiger charge is 2.22. The van der Waals surface area contributed by atoms with Gasteiger partial charge >= 0.3 is 0 Å². The summed E-state index contributed by atoms with van der Waals surface area (Å²) in [6, 6.07) is 14.2. The van der Waals surface area contributed by atoms with E-state index in [4.69, 9.17) is 51.4 Å². The quantitative estimate of drug-likeness (QED) is 0.252. The van der Waals surface area contributed by atoms with Crippen LogP contribution in [0.4, 0.5) is 11.4 Å². The fourth-order valence-corrected chi connectivity index (χ4v) is 4.83. The number of amides is 2. The lowest BCUT2D eigenvalue weighted by Crippen LogP contribution is -2.48. The molecular weight excluding hydrogens is 567 g/mol. The molecule has 2 N–H and O–H groups in total. The average molecular weight is 592 g/mol. The molecule has 4 rings (SSSR count). The van der Waals surface area contributed by atoms with Gasteiger partial charge in [-0.3, -0.25) is 14.9 Å². The van der Waals surface area contributed by atoms with Crippen LogP contribution in [0.25, 0.3) is 17.4 Å². The zero-order valence-corrected chi connectivity index (χ0v) is 23.6. The van der Waals surface area contributed by atoms with Crippen molar-refractivity contribution in [2.24, 2.45) is 0 Å². The smallest absolute Gasteiger partial charge is 0.250 e. The monoisotopic (exact) mass is 590 g/mol. The van der Waals surface area contributed by atoms with Gasteiger partial charge in [0.2, 0.25) is 11.8 Å². The van der Waals surface area contributed by atoms with Crippen LogP contribution in [0.5, 0.6) is 0 Å². The molecule has 0 spiro atoms. The Morgan fingerprint density at radius 3 is 2.55 bits per heavy atom. The van der Waals surface area contributed by atoms with Crippen LogP contribution in [0, 0.1) is 0 Å². The number of hydrogen-bond donors (Lipinski definition) is 2. The van der Waals surface area contributed by atoms with Crippen molar-refractivity contribution in [3.8, 4) is 11.3 Å². The topological polar surface area (TPSA) is 77.8 Å². The minimum Gasteiger partial charge on any atom is -0.457 e. The molecule has 7 nitrogen and oxygen atoms in total. The molecule has 0 radical (unpaired) electrons. The highest BCUT2D eigenvalue weighted by molar-refractivity contribution is 7.80. The normalized spacial score (nSPS) is 13.6. The van der Waals surface area contributed by atoms with Crippen LogP contribution in [0.15, 0.2) is 59.0 Å². The lowest BCUT2D eigenvalue weighted by atomic mass is 10.2. The Morgan fingerprint density at radius 1 is 1.05 bits per heavy atom. The maximum absolute atomic E-state index is 12.5. The van der Waals surface area contributed by atoms with Gasteiger partial charge in [0.25, 0.3) is 0 Å². The van der Waals surface area contributed by atoms with Crippen LogP contribution in [0.1, 0.15) is 19.1 Å². The molecule has 1 fully saturated rings. The second kappa shape index (κ2) is 12.7. The van der Waals surface area contributed by atoms with Crippen LogP contribution in [-0.4, -0.2) is 48.0 Å². The predicted octanol–water partition coefficient (Wildman–Crippen LogP) is 6.49. The fourth-order valence-electron chi connectivity index (χ4n) is 4.05. The van der Waals surface area contributed by atoms with E-state index in [1.54, 1.807) is 42.5 Å². The number of benzene rings is 2. The summed E-state index contributed by atoms with van der Waals surface area (Å²) in [5.41, 5.74) is 2.20. The van der Waals surface area contributed by atoms with Gasteiger partial charge in [-0.1, -0.05) is 47.8 Å². The first-order valence-corrected chi connectivity index (χ1v) is 13.5. The Balaban J connectivity index is 1.37. The minimum atomic E-state index is -0.434. The van der Waals surface area contributed by atoms with Gasteiger partial charge in [-0.2, -0.15) is 0 Å². The summed E-state index contributed by atoms with van der Waals surface area (Å²) in [5.74, 6) is 0.706. The van der Waals surface area contributed by atoms with Crippen LogP contribution in [0.2, 0.25) is 15.1 Å².